The van der Waals surface area contributed by atoms with Crippen LogP contribution < -0.4 is 33.2 Å². The quantitative estimate of drug-likeness (QED) is 0.0488. The van der Waals surface area contributed by atoms with E-state index in [1.165, 1.54) is 36.8 Å². The summed E-state index contributed by atoms with van der Waals surface area (Å²) in [4.78, 5) is 72.8. The first-order chi connectivity index (χ1) is 20.3. The number of guanidine groups is 1. The molecule has 4 unspecified atom stereocenters. The largest absolute Gasteiger partial charge is 0.508 e. The molecule has 0 radical (unpaired) electrons. The molecule has 43 heavy (non-hydrogen) atoms. The summed E-state index contributed by atoms with van der Waals surface area (Å²) in [5.41, 5.74) is 17.6. The fraction of sp³-hybridized carbons (Fsp3) is 0.423. The maximum atomic E-state index is 13.5. The van der Waals surface area contributed by atoms with Gasteiger partial charge in [-0.15, -0.1) is 0 Å². The van der Waals surface area contributed by atoms with Crippen molar-refractivity contribution in [2.24, 2.45) is 22.2 Å². The van der Waals surface area contributed by atoms with Crippen molar-refractivity contribution < 1.29 is 39.3 Å². The molecule has 1 aromatic heterocycles. The fourth-order valence-electron chi connectivity index (χ4n) is 3.90. The van der Waals surface area contributed by atoms with E-state index in [4.69, 9.17) is 22.3 Å². The number of aromatic hydroxyl groups is 1. The Morgan fingerprint density at radius 1 is 0.884 bits per heavy atom. The van der Waals surface area contributed by atoms with Gasteiger partial charge in [-0.2, -0.15) is 0 Å². The van der Waals surface area contributed by atoms with Gasteiger partial charge in [0.05, 0.1) is 12.4 Å². The van der Waals surface area contributed by atoms with E-state index >= 15 is 0 Å². The number of amides is 3. The van der Waals surface area contributed by atoms with Gasteiger partial charge in [0.1, 0.15) is 23.9 Å². The number of benzene rings is 1. The Hall–Kier alpha value is -5.19. The lowest BCUT2D eigenvalue weighted by atomic mass is 10.0. The lowest BCUT2D eigenvalue weighted by Gasteiger charge is -2.25. The molecule has 4 atom stereocenters. The minimum absolute atomic E-state index is 0.0367. The summed E-state index contributed by atoms with van der Waals surface area (Å²) < 4.78 is 0. The number of phenolic OH excluding ortho intramolecular Hbond substituents is 1. The van der Waals surface area contributed by atoms with Crippen LogP contribution in [0.4, 0.5) is 0 Å². The van der Waals surface area contributed by atoms with Crippen LogP contribution in [0.15, 0.2) is 41.8 Å². The van der Waals surface area contributed by atoms with Gasteiger partial charge in [0.2, 0.25) is 17.7 Å². The van der Waals surface area contributed by atoms with E-state index in [2.05, 4.69) is 30.9 Å². The standard InChI is InChI=1S/C26H37N9O8/c27-17(2-1-9-31-26(28)29)22(39)34-20(11-15-12-30-13-32-15)24(41)35-19(10-14-3-5-16(36)6-4-14)23(40)33-18(25(42)43)7-8-21(37)38/h3-6,12-13,17-20,36H,1-2,7-11,27H2,(H,30,32)(H,33,40)(H,34,39)(H,35,41)(H,37,38)(H,42,43)(H4,28,29,31). The highest BCUT2D eigenvalue weighted by Crippen LogP contribution is 2.12. The molecule has 0 spiro atoms. The number of carbonyl (C=O) groups is 5. The summed E-state index contributed by atoms with van der Waals surface area (Å²) in [7, 11) is 0. The molecule has 234 valence electrons. The maximum Gasteiger partial charge on any atom is 0.326 e. The van der Waals surface area contributed by atoms with Crippen LogP contribution in [0.2, 0.25) is 0 Å². The molecule has 0 bridgehead atoms. The molecule has 0 saturated heterocycles. The van der Waals surface area contributed by atoms with Crippen LogP contribution in [0.5, 0.6) is 5.75 Å². The van der Waals surface area contributed by atoms with Crippen LogP contribution in [0, 0.1) is 0 Å². The van der Waals surface area contributed by atoms with Crippen molar-refractivity contribution in [3.8, 4) is 5.75 Å². The maximum absolute atomic E-state index is 13.5. The number of phenols is 1. The normalized spacial score (nSPS) is 13.5. The molecule has 0 fully saturated rings. The van der Waals surface area contributed by atoms with Gasteiger partial charge in [0.15, 0.2) is 5.96 Å². The van der Waals surface area contributed by atoms with E-state index in [9.17, 15) is 34.2 Å². The third-order valence-corrected chi connectivity index (χ3v) is 6.19. The Kier molecular flexibility index (Phi) is 13.4. The second-order valence-corrected chi connectivity index (χ2v) is 9.66. The number of H-pyrrole nitrogens is 1. The first kappa shape index (κ1) is 34.0. The molecule has 13 N–H and O–H groups in total. The van der Waals surface area contributed by atoms with Gasteiger partial charge in [-0.25, -0.2) is 9.78 Å². The molecule has 3 amide bonds. The number of nitrogens with two attached hydrogens (primary N) is 3. The van der Waals surface area contributed by atoms with Gasteiger partial charge < -0.3 is 53.5 Å². The lowest BCUT2D eigenvalue weighted by Crippen LogP contribution is -2.58. The number of aromatic nitrogens is 2. The second-order valence-electron chi connectivity index (χ2n) is 9.66. The number of carbonyl (C=O) groups excluding carboxylic acids is 3. The van der Waals surface area contributed by atoms with Crippen molar-refractivity contribution >= 4 is 35.6 Å². The monoisotopic (exact) mass is 603 g/mol. The Balaban J connectivity index is 2.24. The number of hydrogen-bond donors (Lipinski definition) is 10. The van der Waals surface area contributed by atoms with Gasteiger partial charge in [0.25, 0.3) is 0 Å². The number of aromatic amines is 1. The molecule has 17 nitrogen and oxygen atoms in total. The van der Waals surface area contributed by atoms with Gasteiger partial charge >= 0.3 is 11.9 Å². The van der Waals surface area contributed by atoms with Crippen LogP contribution >= 0.6 is 0 Å². The van der Waals surface area contributed by atoms with E-state index in [1.54, 1.807) is 0 Å². The van der Waals surface area contributed by atoms with Crippen LogP contribution in [0.1, 0.15) is 36.9 Å². The molecule has 0 aliphatic heterocycles. The van der Waals surface area contributed by atoms with Gasteiger partial charge in [-0.05, 0) is 37.0 Å². The summed E-state index contributed by atoms with van der Waals surface area (Å²) in [6.45, 7) is 0.249. The van der Waals surface area contributed by atoms with Crippen LogP contribution in [0.25, 0.3) is 0 Å². The molecule has 0 aliphatic rings. The van der Waals surface area contributed by atoms with E-state index in [-0.39, 0.29) is 37.5 Å². The minimum atomic E-state index is -1.54. The molecule has 1 aromatic carbocycles. The highest BCUT2D eigenvalue weighted by atomic mass is 16.4. The number of imidazole rings is 1. The average molecular weight is 604 g/mol. The average Bonchev–Trinajstić information content (AvgIpc) is 3.46. The van der Waals surface area contributed by atoms with E-state index in [0.29, 0.717) is 17.7 Å². The first-order valence-corrected chi connectivity index (χ1v) is 13.3. The van der Waals surface area contributed by atoms with Crippen molar-refractivity contribution in [1.29, 1.82) is 0 Å². The second kappa shape index (κ2) is 16.9. The molecule has 2 aromatic rings. The number of nitrogens with zero attached hydrogens (tertiary/aromatic N) is 2. The molecular weight excluding hydrogens is 566 g/mol. The lowest BCUT2D eigenvalue weighted by molar-refractivity contribution is -0.143. The van der Waals surface area contributed by atoms with Crippen LogP contribution in [-0.4, -0.2) is 91.6 Å². The predicted molar refractivity (Wildman–Crippen MR) is 152 cm³/mol. The smallest absolute Gasteiger partial charge is 0.326 e. The van der Waals surface area contributed by atoms with Crippen LogP contribution in [-0.2, 0) is 36.8 Å². The van der Waals surface area contributed by atoms with Gasteiger partial charge in [0, 0.05) is 37.7 Å². The third-order valence-electron chi connectivity index (χ3n) is 6.19. The van der Waals surface area contributed by atoms with Crippen molar-refractivity contribution in [2.75, 3.05) is 6.54 Å². The topological polar surface area (TPSA) is 301 Å². The van der Waals surface area contributed by atoms with E-state index < -0.39 is 66.7 Å². The number of rotatable bonds is 18. The number of nitrogens with one attached hydrogen (secondary N) is 4. The molecular formula is C26H37N9O8. The number of carboxylic acids is 2. The van der Waals surface area contributed by atoms with Crippen molar-refractivity contribution in [2.45, 2.75) is 62.7 Å². The summed E-state index contributed by atoms with van der Waals surface area (Å²) in [6.07, 6.45) is 2.34. The predicted octanol–water partition coefficient (Wildman–Crippen LogP) is -2.31. The highest BCUT2D eigenvalue weighted by molar-refractivity contribution is 5.94. The summed E-state index contributed by atoms with van der Waals surface area (Å²) >= 11 is 0. The first-order valence-electron chi connectivity index (χ1n) is 13.3. The molecule has 17 heteroatoms. The third kappa shape index (κ3) is 12.5. The minimum Gasteiger partial charge on any atom is -0.508 e. The van der Waals surface area contributed by atoms with Gasteiger partial charge in [-0.3, -0.25) is 24.2 Å². The van der Waals surface area contributed by atoms with E-state index in [1.807, 2.05) is 0 Å². The summed E-state index contributed by atoms with van der Waals surface area (Å²) in [6, 6.07) is 0.627. The number of carboxylic acid groups (broad SMARTS) is 2. The number of hydrogen-bond acceptors (Lipinski definition) is 9. The molecule has 0 aliphatic carbocycles. The van der Waals surface area contributed by atoms with Crippen molar-refractivity contribution in [3.63, 3.8) is 0 Å². The van der Waals surface area contributed by atoms with Gasteiger partial charge in [-0.1, -0.05) is 12.1 Å². The summed E-state index contributed by atoms with van der Waals surface area (Å²) in [5, 5.41) is 35.4. The van der Waals surface area contributed by atoms with Crippen molar-refractivity contribution in [3.05, 3.63) is 48.0 Å². The Labute approximate surface area is 246 Å². The molecule has 1 heterocycles. The molecule has 2 rings (SSSR count). The van der Waals surface area contributed by atoms with Crippen molar-refractivity contribution in [1.82, 2.24) is 25.9 Å². The van der Waals surface area contributed by atoms with Crippen LogP contribution in [0.3, 0.4) is 0 Å². The zero-order valence-electron chi connectivity index (χ0n) is 23.2. The zero-order valence-corrected chi connectivity index (χ0v) is 23.2. The summed E-state index contributed by atoms with van der Waals surface area (Å²) in [5.74, 6) is -5.18. The number of aliphatic imine (C=N–C) groups is 1. The highest BCUT2D eigenvalue weighted by Gasteiger charge is 2.31. The SMILES string of the molecule is NC(N)=NCCCC(N)C(=O)NC(Cc1cnc[nH]1)C(=O)NC(Cc1ccc(O)cc1)C(=O)NC(CCC(=O)O)C(=O)O. The number of aliphatic carboxylic acids is 2. The van der Waals surface area contributed by atoms with E-state index in [0.717, 1.165) is 0 Å². The Morgan fingerprint density at radius 2 is 1.49 bits per heavy atom. The zero-order chi connectivity index (χ0) is 31.9. The molecule has 0 saturated carbocycles. The Morgan fingerprint density at radius 3 is 2.05 bits per heavy atom. The fourth-order valence-corrected chi connectivity index (χ4v) is 3.90. The Bertz CT molecular complexity index is 1260.